The van der Waals surface area contributed by atoms with Gasteiger partial charge in [-0.2, -0.15) is 0 Å². The first kappa shape index (κ1) is 14.5. The van der Waals surface area contributed by atoms with Gasteiger partial charge in [0.1, 0.15) is 0 Å². The first-order valence-corrected chi connectivity index (χ1v) is 6.22. The molecule has 1 aromatic rings. The highest BCUT2D eigenvalue weighted by Crippen LogP contribution is 2.10. The van der Waals surface area contributed by atoms with Crippen molar-refractivity contribution >= 4 is 11.5 Å². The fourth-order valence-corrected chi connectivity index (χ4v) is 1.49. The summed E-state index contributed by atoms with van der Waals surface area (Å²) in [5, 5.41) is 3.24. The number of ketones is 1. The van der Waals surface area contributed by atoms with Crippen molar-refractivity contribution in [3.8, 4) is 0 Å². The van der Waals surface area contributed by atoms with Crippen molar-refractivity contribution in [2.24, 2.45) is 0 Å². The minimum atomic E-state index is 0.173. The molecule has 1 rings (SSSR count). The molecular weight excluding hydrogens is 226 g/mol. The molecule has 0 atom stereocenters. The monoisotopic (exact) mass is 247 g/mol. The maximum Gasteiger partial charge on any atom is 0.162 e. The third-order valence-corrected chi connectivity index (χ3v) is 2.45. The van der Waals surface area contributed by atoms with E-state index in [0.29, 0.717) is 19.6 Å². The van der Waals surface area contributed by atoms with Crippen molar-refractivity contribution < 1.29 is 9.53 Å². The summed E-state index contributed by atoms with van der Waals surface area (Å²) in [6, 6.07) is 7.54. The molecule has 18 heavy (non-hydrogen) atoms. The lowest BCUT2D eigenvalue weighted by Crippen LogP contribution is -2.10. The van der Waals surface area contributed by atoms with Crippen LogP contribution in [0.1, 0.15) is 30.6 Å². The Labute approximate surface area is 109 Å². The van der Waals surface area contributed by atoms with E-state index in [4.69, 9.17) is 4.74 Å². The quantitative estimate of drug-likeness (QED) is 0.435. The minimum absolute atomic E-state index is 0.173. The highest BCUT2D eigenvalue weighted by Gasteiger charge is 2.01. The molecule has 0 radical (unpaired) electrons. The van der Waals surface area contributed by atoms with Crippen LogP contribution in [0, 0.1) is 0 Å². The van der Waals surface area contributed by atoms with E-state index < -0.39 is 0 Å². The molecule has 3 heteroatoms. The van der Waals surface area contributed by atoms with E-state index in [-0.39, 0.29) is 5.78 Å². The molecule has 0 aromatic heterocycles. The van der Waals surface area contributed by atoms with Crippen LogP contribution in [0.15, 0.2) is 36.4 Å². The van der Waals surface area contributed by atoms with Crippen molar-refractivity contribution in [2.75, 3.05) is 25.1 Å². The zero-order valence-corrected chi connectivity index (χ0v) is 11.2. The van der Waals surface area contributed by atoms with E-state index in [1.54, 1.807) is 0 Å². The van der Waals surface area contributed by atoms with Crippen LogP contribution in [-0.4, -0.2) is 25.5 Å². The molecule has 0 saturated carbocycles. The van der Waals surface area contributed by atoms with Gasteiger partial charge in [-0.15, -0.1) is 0 Å². The number of rotatable bonds is 8. The third-order valence-electron chi connectivity index (χ3n) is 2.45. The normalized spacial score (nSPS) is 10.1. The van der Waals surface area contributed by atoms with E-state index in [9.17, 15) is 4.79 Å². The summed E-state index contributed by atoms with van der Waals surface area (Å²) in [5.41, 5.74) is 2.79. The number of benzene rings is 1. The average molecular weight is 247 g/mol. The molecule has 0 heterocycles. The summed E-state index contributed by atoms with van der Waals surface area (Å²) in [6.45, 7) is 9.57. The summed E-state index contributed by atoms with van der Waals surface area (Å²) >= 11 is 0. The molecule has 3 nitrogen and oxygen atoms in total. The van der Waals surface area contributed by atoms with Crippen LogP contribution in [-0.2, 0) is 4.74 Å². The molecule has 0 spiro atoms. The molecule has 0 unspecified atom stereocenters. The summed E-state index contributed by atoms with van der Waals surface area (Å²) in [5.74, 6) is 0.173. The van der Waals surface area contributed by atoms with Crippen molar-refractivity contribution in [1.82, 2.24) is 0 Å². The third kappa shape index (κ3) is 5.15. The largest absolute Gasteiger partial charge is 0.383 e. The molecule has 0 bridgehead atoms. The molecule has 0 aliphatic rings. The topological polar surface area (TPSA) is 38.3 Å². The zero-order valence-electron chi connectivity index (χ0n) is 11.2. The first-order chi connectivity index (χ1) is 8.63. The van der Waals surface area contributed by atoms with Crippen molar-refractivity contribution in [1.29, 1.82) is 0 Å². The second-order valence-corrected chi connectivity index (χ2v) is 4.29. The fraction of sp³-hybridized carbons (Fsp3) is 0.400. The Morgan fingerprint density at radius 1 is 1.33 bits per heavy atom. The standard InChI is InChI=1S/C15H21NO2/c1-4-15(17)13-5-7-14(8-6-13)16-9-10-18-11-12(2)3/h5-8,16H,2,4,9-11H2,1,3H3. The van der Waals surface area contributed by atoms with Crippen LogP contribution in [0.5, 0.6) is 0 Å². The van der Waals surface area contributed by atoms with E-state index in [0.717, 1.165) is 23.4 Å². The number of carbonyl (C=O) groups excluding carboxylic acids is 1. The Morgan fingerprint density at radius 3 is 2.56 bits per heavy atom. The van der Waals surface area contributed by atoms with Crippen LogP contribution in [0.3, 0.4) is 0 Å². The van der Waals surface area contributed by atoms with Crippen molar-refractivity contribution in [2.45, 2.75) is 20.3 Å². The number of nitrogens with one attached hydrogen (secondary N) is 1. The molecule has 0 fully saturated rings. The number of hydrogen-bond acceptors (Lipinski definition) is 3. The van der Waals surface area contributed by atoms with Gasteiger partial charge < -0.3 is 10.1 Å². The van der Waals surface area contributed by atoms with Crippen LogP contribution in [0.25, 0.3) is 0 Å². The second-order valence-electron chi connectivity index (χ2n) is 4.29. The van der Waals surface area contributed by atoms with Gasteiger partial charge in [0.2, 0.25) is 0 Å². The maximum atomic E-state index is 11.4. The van der Waals surface area contributed by atoms with Crippen molar-refractivity contribution in [3.63, 3.8) is 0 Å². The maximum absolute atomic E-state index is 11.4. The van der Waals surface area contributed by atoms with Gasteiger partial charge in [0, 0.05) is 24.2 Å². The van der Waals surface area contributed by atoms with Gasteiger partial charge in [-0.1, -0.05) is 19.1 Å². The highest BCUT2D eigenvalue weighted by atomic mass is 16.5. The summed E-state index contributed by atoms with van der Waals surface area (Å²) in [7, 11) is 0. The van der Waals surface area contributed by atoms with E-state index in [2.05, 4.69) is 11.9 Å². The minimum Gasteiger partial charge on any atom is -0.383 e. The molecule has 0 saturated heterocycles. The van der Waals surface area contributed by atoms with Gasteiger partial charge in [-0.3, -0.25) is 4.79 Å². The predicted molar refractivity (Wildman–Crippen MR) is 75.2 cm³/mol. The van der Waals surface area contributed by atoms with E-state index in [1.807, 2.05) is 38.1 Å². The van der Waals surface area contributed by atoms with Gasteiger partial charge >= 0.3 is 0 Å². The first-order valence-electron chi connectivity index (χ1n) is 6.22. The second kappa shape index (κ2) is 7.67. The van der Waals surface area contributed by atoms with Crippen molar-refractivity contribution in [3.05, 3.63) is 42.0 Å². The number of hydrogen-bond donors (Lipinski definition) is 1. The molecule has 98 valence electrons. The lowest BCUT2D eigenvalue weighted by molar-refractivity contribution is 0.0988. The molecule has 1 N–H and O–H groups in total. The van der Waals surface area contributed by atoms with Crippen LogP contribution in [0.2, 0.25) is 0 Å². The molecular formula is C15H21NO2. The Morgan fingerprint density at radius 2 is 2.00 bits per heavy atom. The number of Topliss-reactive ketones (excluding diaryl/α,β-unsaturated/α-hetero) is 1. The van der Waals surface area contributed by atoms with E-state index >= 15 is 0 Å². The summed E-state index contributed by atoms with van der Waals surface area (Å²) in [4.78, 5) is 11.4. The smallest absolute Gasteiger partial charge is 0.162 e. The van der Waals surface area contributed by atoms with Gasteiger partial charge in [-0.05, 0) is 31.2 Å². The number of carbonyl (C=O) groups is 1. The summed E-state index contributed by atoms with van der Waals surface area (Å²) in [6.07, 6.45) is 0.543. The Bertz CT molecular complexity index is 395. The Kier molecular flexibility index (Phi) is 6.15. The van der Waals surface area contributed by atoms with Crippen LogP contribution >= 0.6 is 0 Å². The lowest BCUT2D eigenvalue weighted by Gasteiger charge is -2.08. The lowest BCUT2D eigenvalue weighted by atomic mass is 10.1. The van der Waals surface area contributed by atoms with Gasteiger partial charge in [0.25, 0.3) is 0 Å². The SMILES string of the molecule is C=C(C)COCCNc1ccc(C(=O)CC)cc1. The van der Waals surface area contributed by atoms with Gasteiger partial charge in [-0.25, -0.2) is 0 Å². The fourth-order valence-electron chi connectivity index (χ4n) is 1.49. The van der Waals surface area contributed by atoms with Gasteiger partial charge in [0.05, 0.1) is 13.2 Å². The van der Waals surface area contributed by atoms with Crippen LogP contribution in [0.4, 0.5) is 5.69 Å². The molecule has 0 aliphatic carbocycles. The number of anilines is 1. The number of ether oxygens (including phenoxy) is 1. The Hall–Kier alpha value is -1.61. The molecule has 0 amide bonds. The average Bonchev–Trinajstić information content (AvgIpc) is 2.38. The van der Waals surface area contributed by atoms with E-state index in [1.165, 1.54) is 0 Å². The van der Waals surface area contributed by atoms with Gasteiger partial charge in [0.15, 0.2) is 5.78 Å². The molecule has 0 aliphatic heterocycles. The molecule has 1 aromatic carbocycles. The van der Waals surface area contributed by atoms with Crippen LogP contribution < -0.4 is 5.32 Å². The summed E-state index contributed by atoms with van der Waals surface area (Å²) < 4.78 is 5.38. The predicted octanol–water partition coefficient (Wildman–Crippen LogP) is 3.28. The Balaban J connectivity index is 2.31. The zero-order chi connectivity index (χ0) is 13.4. The highest BCUT2D eigenvalue weighted by molar-refractivity contribution is 5.96.